The van der Waals surface area contributed by atoms with Crippen molar-refractivity contribution in [3.8, 4) is 11.5 Å². The van der Waals surface area contributed by atoms with Crippen LogP contribution in [-0.2, 0) is 19.5 Å². The van der Waals surface area contributed by atoms with E-state index in [4.69, 9.17) is 9.47 Å². The average molecular weight is 301 g/mol. The molecule has 1 aromatic carbocycles. The molecule has 0 radical (unpaired) electrons. The van der Waals surface area contributed by atoms with Gasteiger partial charge >= 0.3 is 0 Å². The lowest BCUT2D eigenvalue weighted by atomic mass is 10.1. The van der Waals surface area contributed by atoms with E-state index in [1.54, 1.807) is 13.3 Å². The van der Waals surface area contributed by atoms with Gasteiger partial charge in [0.15, 0.2) is 0 Å². The van der Waals surface area contributed by atoms with Crippen LogP contribution >= 0.6 is 0 Å². The Morgan fingerprint density at radius 1 is 1.50 bits per heavy atom. The second-order valence-electron chi connectivity index (χ2n) is 5.91. The Morgan fingerprint density at radius 2 is 2.36 bits per heavy atom. The van der Waals surface area contributed by atoms with Crippen LogP contribution in [0.5, 0.6) is 11.5 Å². The molecule has 1 aliphatic rings. The van der Waals surface area contributed by atoms with Crippen LogP contribution in [-0.4, -0.2) is 29.0 Å². The van der Waals surface area contributed by atoms with Gasteiger partial charge in [0.1, 0.15) is 17.6 Å². The minimum absolute atomic E-state index is 0.252. The number of nitrogens with zero attached hydrogens (tertiary/aromatic N) is 2. The highest BCUT2D eigenvalue weighted by Crippen LogP contribution is 2.34. The first-order valence-corrected chi connectivity index (χ1v) is 7.73. The fourth-order valence-corrected chi connectivity index (χ4v) is 2.85. The number of hydrogen-bond acceptors (Lipinski definition) is 4. The third-order valence-electron chi connectivity index (χ3n) is 3.96. The maximum absolute atomic E-state index is 5.84. The lowest BCUT2D eigenvalue weighted by molar-refractivity contribution is 0.254. The van der Waals surface area contributed by atoms with Gasteiger partial charge in [-0.2, -0.15) is 5.10 Å². The monoisotopic (exact) mass is 301 g/mol. The maximum Gasteiger partial charge on any atom is 0.123 e. The average Bonchev–Trinajstić information content (AvgIpc) is 3.11. The number of rotatable bonds is 6. The van der Waals surface area contributed by atoms with Crippen molar-refractivity contribution in [1.29, 1.82) is 0 Å². The van der Waals surface area contributed by atoms with Gasteiger partial charge in [0.25, 0.3) is 0 Å². The van der Waals surface area contributed by atoms with Crippen LogP contribution in [0, 0.1) is 0 Å². The third-order valence-corrected chi connectivity index (χ3v) is 3.96. The molecular formula is C17H23N3O2. The summed E-state index contributed by atoms with van der Waals surface area (Å²) in [4.78, 5) is 0. The summed E-state index contributed by atoms with van der Waals surface area (Å²) in [5, 5.41) is 7.75. The van der Waals surface area contributed by atoms with Gasteiger partial charge in [-0.05, 0) is 32.0 Å². The molecule has 1 N–H and O–H groups in total. The highest BCUT2D eigenvalue weighted by molar-refractivity contribution is 5.48. The van der Waals surface area contributed by atoms with E-state index in [1.807, 2.05) is 16.9 Å². The molecule has 5 heteroatoms. The summed E-state index contributed by atoms with van der Waals surface area (Å²) in [6.07, 6.45) is 4.98. The predicted octanol–water partition coefficient (Wildman–Crippen LogP) is 2.39. The zero-order valence-electron chi connectivity index (χ0n) is 13.4. The predicted molar refractivity (Wildman–Crippen MR) is 85.3 cm³/mol. The Bertz CT molecular complexity index is 625. The largest absolute Gasteiger partial charge is 0.496 e. The highest BCUT2D eigenvalue weighted by Gasteiger charge is 2.21. The van der Waals surface area contributed by atoms with E-state index in [-0.39, 0.29) is 6.10 Å². The van der Waals surface area contributed by atoms with Gasteiger partial charge < -0.3 is 14.8 Å². The molecule has 0 spiro atoms. The van der Waals surface area contributed by atoms with Crippen molar-refractivity contribution in [3.05, 3.63) is 41.7 Å². The molecule has 0 saturated carbocycles. The molecule has 5 nitrogen and oxygen atoms in total. The van der Waals surface area contributed by atoms with Crippen LogP contribution in [0.15, 0.2) is 30.6 Å². The zero-order valence-corrected chi connectivity index (χ0v) is 13.4. The van der Waals surface area contributed by atoms with Crippen molar-refractivity contribution in [1.82, 2.24) is 15.1 Å². The highest BCUT2D eigenvalue weighted by atomic mass is 16.5. The molecule has 0 aliphatic carbocycles. The van der Waals surface area contributed by atoms with E-state index in [1.165, 1.54) is 5.56 Å². The topological polar surface area (TPSA) is 48.3 Å². The summed E-state index contributed by atoms with van der Waals surface area (Å²) >= 11 is 0. The Kier molecular flexibility index (Phi) is 4.34. The second-order valence-corrected chi connectivity index (χ2v) is 5.91. The molecule has 118 valence electrons. The maximum atomic E-state index is 5.84. The molecule has 0 saturated heterocycles. The van der Waals surface area contributed by atoms with Gasteiger partial charge in [0, 0.05) is 42.5 Å². The van der Waals surface area contributed by atoms with Crippen molar-refractivity contribution in [2.75, 3.05) is 7.11 Å². The van der Waals surface area contributed by atoms with Gasteiger partial charge in [-0.25, -0.2) is 0 Å². The first-order chi connectivity index (χ1) is 10.7. The summed E-state index contributed by atoms with van der Waals surface area (Å²) in [5.41, 5.74) is 2.36. The molecule has 0 amide bonds. The summed E-state index contributed by atoms with van der Waals surface area (Å²) < 4.78 is 13.3. The van der Waals surface area contributed by atoms with E-state index >= 15 is 0 Å². The number of benzene rings is 1. The molecular weight excluding hydrogens is 278 g/mol. The van der Waals surface area contributed by atoms with Crippen LogP contribution in [0.4, 0.5) is 0 Å². The zero-order chi connectivity index (χ0) is 15.5. The van der Waals surface area contributed by atoms with E-state index in [0.717, 1.165) is 36.6 Å². The molecule has 2 aromatic rings. The minimum Gasteiger partial charge on any atom is -0.496 e. The fourth-order valence-electron chi connectivity index (χ4n) is 2.85. The van der Waals surface area contributed by atoms with Gasteiger partial charge in [-0.3, -0.25) is 4.68 Å². The molecule has 1 aliphatic heterocycles. The molecule has 0 bridgehead atoms. The minimum atomic E-state index is 0.252. The Morgan fingerprint density at radius 3 is 3.09 bits per heavy atom. The van der Waals surface area contributed by atoms with Crippen molar-refractivity contribution in [2.24, 2.45) is 0 Å². The molecule has 0 unspecified atom stereocenters. The van der Waals surface area contributed by atoms with Crippen molar-refractivity contribution in [2.45, 2.75) is 45.5 Å². The summed E-state index contributed by atoms with van der Waals surface area (Å²) in [5.74, 6) is 1.92. The van der Waals surface area contributed by atoms with Crippen LogP contribution < -0.4 is 14.8 Å². The molecule has 2 heterocycles. The number of methoxy groups -OCH3 is 1. The number of nitrogens with one attached hydrogen (secondary N) is 1. The van der Waals surface area contributed by atoms with E-state index in [2.05, 4.69) is 36.4 Å². The first-order valence-electron chi connectivity index (χ1n) is 7.73. The lowest BCUT2D eigenvalue weighted by Gasteiger charge is -2.16. The van der Waals surface area contributed by atoms with E-state index in [9.17, 15) is 0 Å². The van der Waals surface area contributed by atoms with Crippen LogP contribution in [0.2, 0.25) is 0 Å². The van der Waals surface area contributed by atoms with Crippen molar-refractivity contribution >= 4 is 0 Å². The lowest BCUT2D eigenvalue weighted by Crippen LogP contribution is -2.30. The van der Waals surface area contributed by atoms with Crippen LogP contribution in [0.25, 0.3) is 0 Å². The second kappa shape index (κ2) is 6.40. The van der Waals surface area contributed by atoms with E-state index in [0.29, 0.717) is 6.04 Å². The normalized spacial score (nSPS) is 17.9. The standard InChI is InChI=1S/C17H23N3O2/c1-12(11-20-6-4-5-19-20)18-10-15-9-17-14(7-13(2)22-17)8-16(15)21-3/h4-6,8-9,12-13,18H,7,10-11H2,1-3H3/t12-,13-/m1/s1. The van der Waals surface area contributed by atoms with Gasteiger partial charge in [-0.15, -0.1) is 0 Å². The first kappa shape index (κ1) is 14.9. The Hall–Kier alpha value is -2.01. The Balaban J connectivity index is 1.66. The number of aromatic nitrogens is 2. The third kappa shape index (κ3) is 3.25. The van der Waals surface area contributed by atoms with Crippen molar-refractivity contribution in [3.63, 3.8) is 0 Å². The number of hydrogen-bond donors (Lipinski definition) is 1. The molecule has 0 fully saturated rings. The van der Waals surface area contributed by atoms with E-state index < -0.39 is 0 Å². The van der Waals surface area contributed by atoms with Gasteiger partial charge in [0.05, 0.1) is 13.7 Å². The molecule has 1 aromatic heterocycles. The van der Waals surface area contributed by atoms with Gasteiger partial charge in [-0.1, -0.05) is 0 Å². The SMILES string of the molecule is COc1cc2c(cc1CN[C@H](C)Cn1cccn1)O[C@H](C)C2. The fraction of sp³-hybridized carbons (Fsp3) is 0.471. The molecule has 22 heavy (non-hydrogen) atoms. The van der Waals surface area contributed by atoms with Crippen LogP contribution in [0.1, 0.15) is 25.0 Å². The number of ether oxygens (including phenoxy) is 2. The summed E-state index contributed by atoms with van der Waals surface area (Å²) in [6, 6.07) is 6.46. The molecule has 3 rings (SSSR count). The molecule has 2 atom stereocenters. The summed E-state index contributed by atoms with van der Waals surface area (Å²) in [6.45, 7) is 5.83. The Labute approximate surface area is 131 Å². The van der Waals surface area contributed by atoms with Gasteiger partial charge in [0.2, 0.25) is 0 Å². The summed E-state index contributed by atoms with van der Waals surface area (Å²) in [7, 11) is 1.72. The van der Waals surface area contributed by atoms with Crippen molar-refractivity contribution < 1.29 is 9.47 Å². The number of fused-ring (bicyclic) bond motifs is 1. The van der Waals surface area contributed by atoms with Crippen LogP contribution in [0.3, 0.4) is 0 Å². The smallest absolute Gasteiger partial charge is 0.123 e. The quantitative estimate of drug-likeness (QED) is 0.890.